The Kier molecular flexibility index (Phi) is 6.02. The van der Waals surface area contributed by atoms with E-state index < -0.39 is 5.54 Å². The van der Waals surface area contributed by atoms with Gasteiger partial charge in [0.2, 0.25) is 5.91 Å². The van der Waals surface area contributed by atoms with Crippen LogP contribution in [0.25, 0.3) is 0 Å². The predicted molar refractivity (Wildman–Crippen MR) is 81.8 cm³/mol. The summed E-state index contributed by atoms with van der Waals surface area (Å²) in [5.41, 5.74) is 6.41. The largest absolute Gasteiger partial charge is 0.496 e. The molecule has 20 heavy (non-hydrogen) atoms. The SMILES string of the molecule is CCCC(C)(N)C(=O)N(C)CCc1ccccc1OC. The molecule has 0 spiro atoms. The minimum atomic E-state index is -0.774. The van der Waals surface area contributed by atoms with Gasteiger partial charge < -0.3 is 15.4 Å². The van der Waals surface area contributed by atoms with E-state index in [1.165, 1.54) is 0 Å². The quantitative estimate of drug-likeness (QED) is 0.832. The third-order valence-electron chi connectivity index (χ3n) is 3.51. The number of carbonyl (C=O) groups excluding carboxylic acids is 1. The number of hydrogen-bond donors (Lipinski definition) is 1. The van der Waals surface area contributed by atoms with Gasteiger partial charge in [0, 0.05) is 13.6 Å². The van der Waals surface area contributed by atoms with Crippen LogP contribution in [0.4, 0.5) is 0 Å². The van der Waals surface area contributed by atoms with Gasteiger partial charge in [0.1, 0.15) is 5.75 Å². The average Bonchev–Trinajstić information content (AvgIpc) is 2.44. The molecule has 1 aromatic rings. The zero-order valence-electron chi connectivity index (χ0n) is 13.0. The fourth-order valence-electron chi connectivity index (χ4n) is 2.36. The van der Waals surface area contributed by atoms with Crippen molar-refractivity contribution in [1.82, 2.24) is 4.90 Å². The van der Waals surface area contributed by atoms with E-state index in [0.717, 1.165) is 24.2 Å². The summed E-state index contributed by atoms with van der Waals surface area (Å²) in [6, 6.07) is 7.87. The Morgan fingerprint density at radius 3 is 2.65 bits per heavy atom. The number of amides is 1. The Bertz CT molecular complexity index is 444. The minimum Gasteiger partial charge on any atom is -0.496 e. The second kappa shape index (κ2) is 7.29. The number of rotatable bonds is 7. The van der Waals surface area contributed by atoms with Gasteiger partial charge in [-0.3, -0.25) is 4.79 Å². The first kappa shape index (κ1) is 16.5. The lowest BCUT2D eigenvalue weighted by Gasteiger charge is -2.29. The van der Waals surface area contributed by atoms with Crippen LogP contribution < -0.4 is 10.5 Å². The van der Waals surface area contributed by atoms with Crippen LogP contribution in [0.3, 0.4) is 0 Å². The van der Waals surface area contributed by atoms with Crippen LogP contribution in [0.15, 0.2) is 24.3 Å². The van der Waals surface area contributed by atoms with E-state index in [9.17, 15) is 4.79 Å². The van der Waals surface area contributed by atoms with Crippen molar-refractivity contribution in [2.75, 3.05) is 20.7 Å². The molecule has 1 aromatic carbocycles. The molecule has 0 aliphatic carbocycles. The summed E-state index contributed by atoms with van der Waals surface area (Å²) in [4.78, 5) is 14.0. The molecular weight excluding hydrogens is 252 g/mol. The molecule has 0 heterocycles. The van der Waals surface area contributed by atoms with E-state index in [1.54, 1.807) is 26.0 Å². The minimum absolute atomic E-state index is 0.00533. The lowest BCUT2D eigenvalue weighted by atomic mass is 9.96. The number of para-hydroxylation sites is 1. The monoisotopic (exact) mass is 278 g/mol. The second-order valence-corrected chi connectivity index (χ2v) is 5.46. The summed E-state index contributed by atoms with van der Waals surface area (Å²) in [6.45, 7) is 4.47. The lowest BCUT2D eigenvalue weighted by molar-refractivity contribution is -0.135. The Hall–Kier alpha value is -1.55. The average molecular weight is 278 g/mol. The maximum Gasteiger partial charge on any atom is 0.242 e. The van der Waals surface area contributed by atoms with Crippen LogP contribution in [-0.4, -0.2) is 37.0 Å². The number of methoxy groups -OCH3 is 1. The van der Waals surface area contributed by atoms with Gasteiger partial charge in [-0.2, -0.15) is 0 Å². The summed E-state index contributed by atoms with van der Waals surface area (Å²) in [7, 11) is 3.46. The van der Waals surface area contributed by atoms with E-state index in [0.29, 0.717) is 13.0 Å². The van der Waals surface area contributed by atoms with Crippen molar-refractivity contribution < 1.29 is 9.53 Å². The van der Waals surface area contributed by atoms with E-state index >= 15 is 0 Å². The maximum atomic E-state index is 12.3. The number of nitrogens with two attached hydrogens (primary N) is 1. The summed E-state index contributed by atoms with van der Waals surface area (Å²) < 4.78 is 5.32. The molecule has 2 N–H and O–H groups in total. The molecule has 0 aromatic heterocycles. The van der Waals surface area contributed by atoms with Gasteiger partial charge in [-0.1, -0.05) is 31.5 Å². The normalized spacial score (nSPS) is 13.7. The molecule has 1 atom stereocenters. The van der Waals surface area contributed by atoms with Crippen LogP contribution in [0.2, 0.25) is 0 Å². The Labute approximate surface area is 121 Å². The zero-order chi connectivity index (χ0) is 15.2. The Balaban J connectivity index is 2.63. The fraction of sp³-hybridized carbons (Fsp3) is 0.562. The Morgan fingerprint density at radius 2 is 2.05 bits per heavy atom. The van der Waals surface area contributed by atoms with E-state index in [4.69, 9.17) is 10.5 Å². The topological polar surface area (TPSA) is 55.6 Å². The molecule has 0 fully saturated rings. The predicted octanol–water partition coefficient (Wildman–Crippen LogP) is 2.21. The standard InChI is InChI=1S/C16H26N2O2/c1-5-11-16(2,17)15(19)18(3)12-10-13-8-6-7-9-14(13)20-4/h6-9H,5,10-12,17H2,1-4H3. The molecule has 0 radical (unpaired) electrons. The summed E-state index contributed by atoms with van der Waals surface area (Å²) in [6.07, 6.45) is 2.36. The van der Waals surface area contributed by atoms with E-state index in [-0.39, 0.29) is 5.91 Å². The van der Waals surface area contributed by atoms with Crippen LogP contribution in [0.5, 0.6) is 5.75 Å². The number of ether oxygens (including phenoxy) is 1. The number of carbonyl (C=O) groups is 1. The van der Waals surface area contributed by atoms with E-state index in [1.807, 2.05) is 31.2 Å². The molecule has 0 bridgehead atoms. The molecule has 0 aliphatic rings. The third-order valence-corrected chi connectivity index (χ3v) is 3.51. The second-order valence-electron chi connectivity index (χ2n) is 5.46. The highest BCUT2D eigenvalue weighted by Crippen LogP contribution is 2.18. The maximum absolute atomic E-state index is 12.3. The highest BCUT2D eigenvalue weighted by molar-refractivity contribution is 5.85. The van der Waals surface area contributed by atoms with Crippen LogP contribution in [0, 0.1) is 0 Å². The van der Waals surface area contributed by atoms with Gasteiger partial charge in [-0.05, 0) is 31.4 Å². The van der Waals surface area contributed by atoms with Crippen molar-refractivity contribution in [3.63, 3.8) is 0 Å². The van der Waals surface area contributed by atoms with Crippen LogP contribution in [-0.2, 0) is 11.2 Å². The summed E-state index contributed by atoms with van der Waals surface area (Å²) in [5.74, 6) is 0.853. The molecule has 1 amide bonds. The molecule has 1 rings (SSSR count). The highest BCUT2D eigenvalue weighted by atomic mass is 16.5. The van der Waals surface area contributed by atoms with Gasteiger partial charge in [-0.15, -0.1) is 0 Å². The molecule has 0 aliphatic heterocycles. The first-order chi connectivity index (χ1) is 9.42. The van der Waals surface area contributed by atoms with Gasteiger partial charge in [0.15, 0.2) is 0 Å². The Morgan fingerprint density at radius 1 is 1.40 bits per heavy atom. The third kappa shape index (κ3) is 4.23. The van der Waals surface area contributed by atoms with Gasteiger partial charge in [0.05, 0.1) is 12.6 Å². The highest BCUT2D eigenvalue weighted by Gasteiger charge is 2.29. The zero-order valence-corrected chi connectivity index (χ0v) is 13.0. The van der Waals surface area contributed by atoms with Crippen molar-refractivity contribution in [3.8, 4) is 5.75 Å². The first-order valence-corrected chi connectivity index (χ1v) is 7.08. The summed E-state index contributed by atoms with van der Waals surface area (Å²) >= 11 is 0. The van der Waals surface area contributed by atoms with Crippen molar-refractivity contribution in [2.24, 2.45) is 5.73 Å². The molecule has 0 saturated heterocycles. The molecule has 4 nitrogen and oxygen atoms in total. The summed E-state index contributed by atoms with van der Waals surface area (Å²) in [5, 5.41) is 0. The van der Waals surface area contributed by atoms with Crippen molar-refractivity contribution in [2.45, 2.75) is 38.6 Å². The molecule has 0 saturated carbocycles. The van der Waals surface area contributed by atoms with Crippen LogP contribution in [0.1, 0.15) is 32.3 Å². The lowest BCUT2D eigenvalue weighted by Crippen LogP contribution is -2.52. The smallest absolute Gasteiger partial charge is 0.242 e. The number of hydrogen-bond acceptors (Lipinski definition) is 3. The fourth-order valence-corrected chi connectivity index (χ4v) is 2.36. The van der Waals surface area contributed by atoms with Gasteiger partial charge >= 0.3 is 0 Å². The van der Waals surface area contributed by atoms with Crippen LogP contribution >= 0.6 is 0 Å². The molecule has 112 valence electrons. The molecule has 1 unspecified atom stereocenters. The van der Waals surface area contributed by atoms with E-state index in [2.05, 4.69) is 0 Å². The van der Waals surface area contributed by atoms with Crippen molar-refractivity contribution >= 4 is 5.91 Å². The molecule has 4 heteroatoms. The van der Waals surface area contributed by atoms with Gasteiger partial charge in [0.25, 0.3) is 0 Å². The van der Waals surface area contributed by atoms with Crippen molar-refractivity contribution in [3.05, 3.63) is 29.8 Å². The number of likely N-dealkylation sites (N-methyl/N-ethyl adjacent to an activating group) is 1. The van der Waals surface area contributed by atoms with Gasteiger partial charge in [-0.25, -0.2) is 0 Å². The number of benzene rings is 1. The number of nitrogens with zero attached hydrogens (tertiary/aromatic N) is 1. The molecular formula is C16H26N2O2. The van der Waals surface area contributed by atoms with Crippen molar-refractivity contribution in [1.29, 1.82) is 0 Å². The first-order valence-electron chi connectivity index (χ1n) is 7.08.